The molecule has 5 heteroatoms. The van der Waals surface area contributed by atoms with Gasteiger partial charge >= 0.3 is 5.97 Å². The summed E-state index contributed by atoms with van der Waals surface area (Å²) in [6.45, 7) is 4.08. The standard InChI is InChI=1S/C8H13Br2NO2/c1-8(2-4-11-5-3-8)13-7(12)6(9)10/h6,11H,2-5H2,1H3/p+1. The first-order chi connectivity index (χ1) is 6.03. The number of hydrogen-bond acceptors (Lipinski definition) is 2. The minimum absolute atomic E-state index is 0.232. The van der Waals surface area contributed by atoms with E-state index >= 15 is 0 Å². The van der Waals surface area contributed by atoms with Gasteiger partial charge in [0.25, 0.3) is 0 Å². The second-order valence-corrected chi connectivity index (χ2v) is 6.60. The number of quaternary nitrogens is 1. The summed E-state index contributed by atoms with van der Waals surface area (Å²) in [6.07, 6.45) is 1.87. The average Bonchev–Trinajstić information content (AvgIpc) is 2.04. The minimum Gasteiger partial charge on any atom is -0.457 e. The maximum Gasteiger partial charge on any atom is 0.331 e. The molecule has 0 aliphatic carbocycles. The van der Waals surface area contributed by atoms with Gasteiger partial charge in [0, 0.05) is 12.8 Å². The number of carbonyl (C=O) groups excluding carboxylic acids is 1. The monoisotopic (exact) mass is 314 g/mol. The average molecular weight is 316 g/mol. The van der Waals surface area contributed by atoms with Gasteiger partial charge < -0.3 is 10.1 Å². The number of halogens is 2. The summed E-state index contributed by atoms with van der Waals surface area (Å²) in [4.78, 5) is 11.3. The normalized spacial score (nSPS) is 21.5. The third kappa shape index (κ3) is 3.56. The summed E-state index contributed by atoms with van der Waals surface area (Å²) in [7, 11) is 0. The summed E-state index contributed by atoms with van der Waals surface area (Å²) in [5.74, 6) is -0.232. The van der Waals surface area contributed by atoms with Gasteiger partial charge in [-0.2, -0.15) is 0 Å². The van der Waals surface area contributed by atoms with Crippen LogP contribution in [0.3, 0.4) is 0 Å². The van der Waals surface area contributed by atoms with E-state index in [1.54, 1.807) is 0 Å². The van der Waals surface area contributed by atoms with Crippen LogP contribution < -0.4 is 5.32 Å². The van der Waals surface area contributed by atoms with Crippen LogP contribution in [0.4, 0.5) is 0 Å². The molecule has 13 heavy (non-hydrogen) atoms. The van der Waals surface area contributed by atoms with E-state index in [9.17, 15) is 4.79 Å². The smallest absolute Gasteiger partial charge is 0.331 e. The Labute approximate surface area is 94.8 Å². The van der Waals surface area contributed by atoms with Crippen molar-refractivity contribution < 1.29 is 14.8 Å². The topological polar surface area (TPSA) is 42.9 Å². The van der Waals surface area contributed by atoms with Crippen LogP contribution in [-0.2, 0) is 9.53 Å². The van der Waals surface area contributed by atoms with E-state index in [2.05, 4.69) is 37.2 Å². The van der Waals surface area contributed by atoms with Crippen LogP contribution in [-0.4, -0.2) is 28.4 Å². The molecule has 0 saturated carbocycles. The number of carbonyl (C=O) groups is 1. The lowest BCUT2D eigenvalue weighted by Gasteiger charge is -2.31. The molecule has 0 aromatic carbocycles. The van der Waals surface area contributed by atoms with E-state index in [1.807, 2.05) is 6.92 Å². The number of piperidine rings is 1. The first-order valence-corrected chi connectivity index (χ1v) is 6.19. The highest BCUT2D eigenvalue weighted by molar-refractivity contribution is 9.25. The molecule has 0 spiro atoms. The third-order valence-corrected chi connectivity index (χ3v) is 3.03. The van der Waals surface area contributed by atoms with E-state index < -0.39 is 0 Å². The lowest BCUT2D eigenvalue weighted by Crippen LogP contribution is -2.87. The molecule has 1 aliphatic heterocycles. The quantitative estimate of drug-likeness (QED) is 0.604. The molecule has 76 valence electrons. The molecule has 0 amide bonds. The van der Waals surface area contributed by atoms with Crippen molar-refractivity contribution in [2.24, 2.45) is 0 Å². The van der Waals surface area contributed by atoms with E-state index in [0.717, 1.165) is 25.9 Å². The van der Waals surface area contributed by atoms with Crippen molar-refractivity contribution in [3.8, 4) is 0 Å². The zero-order valence-corrected chi connectivity index (χ0v) is 10.7. The van der Waals surface area contributed by atoms with Crippen LogP contribution in [0, 0.1) is 0 Å². The van der Waals surface area contributed by atoms with Crippen molar-refractivity contribution >= 4 is 37.8 Å². The Morgan fingerprint density at radius 2 is 2.00 bits per heavy atom. The van der Waals surface area contributed by atoms with Gasteiger partial charge in [-0.1, -0.05) is 31.9 Å². The van der Waals surface area contributed by atoms with Gasteiger partial charge in [-0.15, -0.1) is 0 Å². The number of hydrogen-bond donors (Lipinski definition) is 1. The molecular formula is C8H14Br2NO2+. The number of esters is 1. The molecular weight excluding hydrogens is 302 g/mol. The fraction of sp³-hybridized carbons (Fsp3) is 0.875. The van der Waals surface area contributed by atoms with Crippen molar-refractivity contribution in [3.63, 3.8) is 0 Å². The molecule has 1 rings (SSSR count). The molecule has 3 nitrogen and oxygen atoms in total. The first-order valence-electron chi connectivity index (χ1n) is 4.36. The van der Waals surface area contributed by atoms with Crippen LogP contribution in [0.2, 0.25) is 0 Å². The highest BCUT2D eigenvalue weighted by Crippen LogP contribution is 2.23. The molecule has 0 aromatic rings. The largest absolute Gasteiger partial charge is 0.457 e. The molecule has 0 aromatic heterocycles. The second kappa shape index (κ2) is 4.75. The van der Waals surface area contributed by atoms with Crippen molar-refractivity contribution in [2.45, 2.75) is 29.1 Å². The minimum atomic E-state index is -0.386. The van der Waals surface area contributed by atoms with Crippen LogP contribution >= 0.6 is 31.9 Å². The number of nitrogens with two attached hydrogens (primary N) is 1. The SMILES string of the molecule is CC1(OC(=O)C(Br)Br)CC[NH2+]CC1. The summed E-state index contributed by atoms with van der Waals surface area (Å²) in [6, 6.07) is 0. The summed E-state index contributed by atoms with van der Waals surface area (Å²) < 4.78 is 5.00. The van der Waals surface area contributed by atoms with E-state index in [0.29, 0.717) is 0 Å². The van der Waals surface area contributed by atoms with Gasteiger partial charge in [0.2, 0.25) is 0 Å². The molecule has 1 aliphatic rings. The Kier molecular flexibility index (Phi) is 4.19. The van der Waals surface area contributed by atoms with Crippen molar-refractivity contribution in [1.29, 1.82) is 0 Å². The second-order valence-electron chi connectivity index (χ2n) is 3.54. The van der Waals surface area contributed by atoms with Crippen LogP contribution in [0.5, 0.6) is 0 Å². The Bertz CT molecular complexity index is 191. The van der Waals surface area contributed by atoms with Gasteiger partial charge in [-0.05, 0) is 6.92 Å². The Balaban J connectivity index is 2.45. The van der Waals surface area contributed by atoms with Gasteiger partial charge in [0.15, 0.2) is 3.74 Å². The van der Waals surface area contributed by atoms with E-state index in [-0.39, 0.29) is 15.3 Å². The highest BCUT2D eigenvalue weighted by Gasteiger charge is 2.33. The fourth-order valence-electron chi connectivity index (χ4n) is 1.47. The lowest BCUT2D eigenvalue weighted by molar-refractivity contribution is -0.667. The van der Waals surface area contributed by atoms with Gasteiger partial charge in [0.05, 0.1) is 13.1 Å². The molecule has 0 unspecified atom stereocenters. The maximum absolute atomic E-state index is 11.3. The zero-order valence-electron chi connectivity index (χ0n) is 7.56. The van der Waals surface area contributed by atoms with E-state index in [1.165, 1.54) is 0 Å². The highest BCUT2D eigenvalue weighted by atomic mass is 79.9. The zero-order chi connectivity index (χ0) is 9.90. The number of rotatable bonds is 2. The third-order valence-electron chi connectivity index (χ3n) is 2.28. The van der Waals surface area contributed by atoms with Gasteiger partial charge in [-0.25, -0.2) is 4.79 Å². The van der Waals surface area contributed by atoms with Gasteiger partial charge in [-0.3, -0.25) is 0 Å². The summed E-state index contributed by atoms with van der Waals surface area (Å²) in [5.41, 5.74) is -0.258. The fourth-order valence-corrected chi connectivity index (χ4v) is 1.66. The van der Waals surface area contributed by atoms with Crippen molar-refractivity contribution in [1.82, 2.24) is 0 Å². The molecule has 1 heterocycles. The van der Waals surface area contributed by atoms with Crippen molar-refractivity contribution in [3.05, 3.63) is 0 Å². The predicted octanol–water partition coefficient (Wildman–Crippen LogP) is 0.761. The Hall–Kier alpha value is 0.390. The number of alkyl halides is 2. The predicted molar refractivity (Wildman–Crippen MR) is 57.0 cm³/mol. The molecule has 2 N–H and O–H groups in total. The first kappa shape index (κ1) is 11.5. The Morgan fingerprint density at radius 3 is 2.46 bits per heavy atom. The van der Waals surface area contributed by atoms with Crippen molar-refractivity contribution in [2.75, 3.05) is 13.1 Å². The van der Waals surface area contributed by atoms with Gasteiger partial charge in [0.1, 0.15) is 5.60 Å². The molecule has 0 bridgehead atoms. The van der Waals surface area contributed by atoms with Crippen LogP contribution in [0.1, 0.15) is 19.8 Å². The summed E-state index contributed by atoms with van der Waals surface area (Å²) in [5, 5.41) is 2.25. The Morgan fingerprint density at radius 1 is 1.46 bits per heavy atom. The van der Waals surface area contributed by atoms with E-state index in [4.69, 9.17) is 4.74 Å². The summed E-state index contributed by atoms with van der Waals surface area (Å²) >= 11 is 6.25. The molecule has 0 radical (unpaired) electrons. The molecule has 1 fully saturated rings. The lowest BCUT2D eigenvalue weighted by atomic mass is 9.95. The maximum atomic E-state index is 11.3. The molecule has 1 saturated heterocycles. The van der Waals surface area contributed by atoms with Crippen LogP contribution in [0.15, 0.2) is 0 Å². The van der Waals surface area contributed by atoms with Crippen LogP contribution in [0.25, 0.3) is 0 Å². The molecule has 0 atom stereocenters. The number of ether oxygens (including phenoxy) is 1.